The number of morpholine rings is 1. The van der Waals surface area contributed by atoms with Crippen LogP contribution in [0.1, 0.15) is 35.7 Å². The Morgan fingerprint density at radius 3 is 2.58 bits per heavy atom. The molecule has 5 heteroatoms. The van der Waals surface area contributed by atoms with E-state index >= 15 is 0 Å². The highest BCUT2D eigenvalue weighted by Crippen LogP contribution is 2.24. The molecule has 2 N–H and O–H groups in total. The molecule has 5 nitrogen and oxygen atoms in total. The number of hydrogen-bond acceptors (Lipinski definition) is 4. The molecular formula is C19H29N3O2. The number of amides is 1. The first-order chi connectivity index (χ1) is 11.7. The maximum absolute atomic E-state index is 12.9. The quantitative estimate of drug-likeness (QED) is 0.913. The Morgan fingerprint density at radius 2 is 1.92 bits per heavy atom. The Balaban J connectivity index is 1.64. The van der Waals surface area contributed by atoms with E-state index in [1.165, 1.54) is 5.56 Å². The fourth-order valence-electron chi connectivity index (χ4n) is 3.80. The summed E-state index contributed by atoms with van der Waals surface area (Å²) in [5.41, 5.74) is 7.94. The Morgan fingerprint density at radius 1 is 1.21 bits per heavy atom. The molecule has 132 valence electrons. The summed E-state index contributed by atoms with van der Waals surface area (Å²) in [5.74, 6) is 0.600. The van der Waals surface area contributed by atoms with Crippen LogP contribution < -0.4 is 5.73 Å². The number of nitrogens with zero attached hydrogens (tertiary/aromatic N) is 2. The van der Waals surface area contributed by atoms with E-state index in [-0.39, 0.29) is 11.9 Å². The van der Waals surface area contributed by atoms with Gasteiger partial charge < -0.3 is 15.4 Å². The molecule has 0 spiro atoms. The van der Waals surface area contributed by atoms with Gasteiger partial charge in [0, 0.05) is 44.3 Å². The highest BCUT2D eigenvalue weighted by molar-refractivity contribution is 5.94. The van der Waals surface area contributed by atoms with E-state index in [0.717, 1.165) is 57.8 Å². The zero-order valence-corrected chi connectivity index (χ0v) is 14.6. The molecule has 0 radical (unpaired) electrons. The molecule has 2 atom stereocenters. The number of nitrogens with two attached hydrogens (primary N) is 1. The van der Waals surface area contributed by atoms with Crippen LogP contribution in [-0.2, 0) is 11.3 Å². The van der Waals surface area contributed by atoms with Gasteiger partial charge in [-0.1, -0.05) is 19.1 Å². The van der Waals surface area contributed by atoms with Crippen molar-refractivity contribution in [1.82, 2.24) is 9.80 Å². The van der Waals surface area contributed by atoms with E-state index in [0.29, 0.717) is 12.5 Å². The average molecular weight is 331 g/mol. The first kappa shape index (κ1) is 17.4. The van der Waals surface area contributed by atoms with Crippen molar-refractivity contribution < 1.29 is 9.53 Å². The molecule has 24 heavy (non-hydrogen) atoms. The average Bonchev–Trinajstić information content (AvgIpc) is 2.62. The lowest BCUT2D eigenvalue weighted by Gasteiger charge is -2.39. The second-order valence-electron chi connectivity index (χ2n) is 7.01. The maximum atomic E-state index is 12.9. The van der Waals surface area contributed by atoms with Crippen molar-refractivity contribution in [2.75, 3.05) is 39.4 Å². The van der Waals surface area contributed by atoms with Crippen molar-refractivity contribution in [3.8, 4) is 0 Å². The minimum absolute atomic E-state index is 0.120. The Hall–Kier alpha value is -1.43. The molecule has 1 amide bonds. The van der Waals surface area contributed by atoms with E-state index in [1.54, 1.807) is 0 Å². The Labute approximate surface area is 144 Å². The molecular weight excluding hydrogens is 302 g/mol. The van der Waals surface area contributed by atoms with E-state index in [4.69, 9.17) is 10.5 Å². The van der Waals surface area contributed by atoms with Gasteiger partial charge in [0.1, 0.15) is 0 Å². The van der Waals surface area contributed by atoms with Crippen molar-refractivity contribution in [3.05, 3.63) is 35.4 Å². The molecule has 2 fully saturated rings. The predicted molar refractivity (Wildman–Crippen MR) is 94.8 cm³/mol. The van der Waals surface area contributed by atoms with Crippen molar-refractivity contribution >= 4 is 5.91 Å². The first-order valence-corrected chi connectivity index (χ1v) is 9.09. The molecule has 0 aliphatic carbocycles. The summed E-state index contributed by atoms with van der Waals surface area (Å²) in [6, 6.07) is 8.25. The lowest BCUT2D eigenvalue weighted by molar-refractivity contribution is 0.0342. The smallest absolute Gasteiger partial charge is 0.254 e. The molecule has 1 aromatic rings. The summed E-state index contributed by atoms with van der Waals surface area (Å²) in [4.78, 5) is 17.2. The fraction of sp³-hybridized carbons (Fsp3) is 0.632. The molecule has 3 rings (SSSR count). The number of piperidine rings is 1. The van der Waals surface area contributed by atoms with Gasteiger partial charge in [0.05, 0.1) is 13.2 Å². The number of ether oxygens (including phenoxy) is 1. The van der Waals surface area contributed by atoms with Gasteiger partial charge in [0.25, 0.3) is 5.91 Å². The lowest BCUT2D eigenvalue weighted by atomic mass is 9.90. The van der Waals surface area contributed by atoms with Gasteiger partial charge in [-0.3, -0.25) is 9.69 Å². The van der Waals surface area contributed by atoms with Crippen molar-refractivity contribution in [2.45, 2.75) is 32.4 Å². The van der Waals surface area contributed by atoms with Gasteiger partial charge in [0.15, 0.2) is 0 Å². The SMILES string of the molecule is C[C@H]1CCCN(C(=O)c2ccc(CN3CCOCC3)cc2)[C@H]1CN. The molecule has 1 aromatic carbocycles. The van der Waals surface area contributed by atoms with Gasteiger partial charge in [-0.25, -0.2) is 0 Å². The summed E-state index contributed by atoms with van der Waals surface area (Å²) in [6.45, 7) is 8.05. The van der Waals surface area contributed by atoms with Crippen molar-refractivity contribution in [3.63, 3.8) is 0 Å². The third-order valence-electron chi connectivity index (χ3n) is 5.33. The third kappa shape index (κ3) is 3.97. The molecule has 2 aliphatic rings. The van der Waals surface area contributed by atoms with Gasteiger partial charge >= 0.3 is 0 Å². The van der Waals surface area contributed by atoms with Gasteiger partial charge in [0.2, 0.25) is 0 Å². The number of carbonyl (C=O) groups is 1. The van der Waals surface area contributed by atoms with Gasteiger partial charge in [-0.15, -0.1) is 0 Å². The second-order valence-corrected chi connectivity index (χ2v) is 7.01. The van der Waals surface area contributed by atoms with E-state index < -0.39 is 0 Å². The summed E-state index contributed by atoms with van der Waals surface area (Å²) >= 11 is 0. The molecule has 0 saturated carbocycles. The van der Waals surface area contributed by atoms with E-state index in [9.17, 15) is 4.79 Å². The zero-order chi connectivity index (χ0) is 16.9. The topological polar surface area (TPSA) is 58.8 Å². The minimum atomic E-state index is 0.120. The number of rotatable bonds is 4. The predicted octanol–water partition coefficient (Wildman–Crippen LogP) is 1.72. The first-order valence-electron chi connectivity index (χ1n) is 9.09. The van der Waals surface area contributed by atoms with Crippen LogP contribution >= 0.6 is 0 Å². The van der Waals surface area contributed by atoms with Crippen LogP contribution in [0.15, 0.2) is 24.3 Å². The normalized spacial score (nSPS) is 25.7. The lowest BCUT2D eigenvalue weighted by Crippen LogP contribution is -2.51. The van der Waals surface area contributed by atoms with Crippen LogP contribution in [-0.4, -0.2) is 61.1 Å². The summed E-state index contributed by atoms with van der Waals surface area (Å²) < 4.78 is 5.38. The Kier molecular flexibility index (Phi) is 5.87. The number of hydrogen-bond donors (Lipinski definition) is 1. The van der Waals surface area contributed by atoms with Crippen LogP contribution in [0.2, 0.25) is 0 Å². The molecule has 0 bridgehead atoms. The number of likely N-dealkylation sites (tertiary alicyclic amines) is 1. The monoisotopic (exact) mass is 331 g/mol. The van der Waals surface area contributed by atoms with Crippen LogP contribution in [0.3, 0.4) is 0 Å². The van der Waals surface area contributed by atoms with Gasteiger partial charge in [-0.2, -0.15) is 0 Å². The van der Waals surface area contributed by atoms with Crippen LogP contribution in [0.4, 0.5) is 0 Å². The van der Waals surface area contributed by atoms with Crippen LogP contribution in [0, 0.1) is 5.92 Å². The molecule has 2 saturated heterocycles. The molecule has 0 unspecified atom stereocenters. The second kappa shape index (κ2) is 8.10. The number of carbonyl (C=O) groups excluding carboxylic acids is 1. The largest absolute Gasteiger partial charge is 0.379 e. The maximum Gasteiger partial charge on any atom is 0.254 e. The van der Waals surface area contributed by atoms with Crippen LogP contribution in [0.25, 0.3) is 0 Å². The van der Waals surface area contributed by atoms with Crippen LogP contribution in [0.5, 0.6) is 0 Å². The van der Waals surface area contributed by atoms with Crippen molar-refractivity contribution in [1.29, 1.82) is 0 Å². The third-order valence-corrected chi connectivity index (χ3v) is 5.33. The molecule has 2 heterocycles. The van der Waals surface area contributed by atoms with E-state index in [2.05, 4.69) is 24.0 Å². The summed E-state index contributed by atoms with van der Waals surface area (Å²) in [5, 5.41) is 0. The molecule has 0 aromatic heterocycles. The fourth-order valence-corrected chi connectivity index (χ4v) is 3.80. The van der Waals surface area contributed by atoms with Crippen molar-refractivity contribution in [2.24, 2.45) is 11.7 Å². The highest BCUT2D eigenvalue weighted by Gasteiger charge is 2.31. The highest BCUT2D eigenvalue weighted by atomic mass is 16.5. The zero-order valence-electron chi connectivity index (χ0n) is 14.6. The Bertz CT molecular complexity index is 540. The summed E-state index contributed by atoms with van der Waals surface area (Å²) in [6.07, 6.45) is 2.22. The summed E-state index contributed by atoms with van der Waals surface area (Å²) in [7, 11) is 0. The number of benzene rings is 1. The van der Waals surface area contributed by atoms with Gasteiger partial charge in [-0.05, 0) is 36.5 Å². The van der Waals surface area contributed by atoms with E-state index in [1.807, 2.05) is 17.0 Å². The molecule has 2 aliphatic heterocycles. The standard InChI is InChI=1S/C19H29N3O2/c1-15-3-2-8-22(18(15)13-20)19(23)17-6-4-16(5-7-17)14-21-9-11-24-12-10-21/h4-7,15,18H,2-3,8-14,20H2,1H3/t15-,18-/m0/s1. The minimum Gasteiger partial charge on any atom is -0.379 e.